The molecule has 0 spiro atoms. The van der Waals surface area contributed by atoms with Crippen LogP contribution in [0.5, 0.6) is 0 Å². The predicted molar refractivity (Wildman–Crippen MR) is 74.8 cm³/mol. The molecule has 0 atom stereocenters. The maximum Gasteiger partial charge on any atom is 0.435 e. The number of carbonyl (C=O) groups is 1. The van der Waals surface area contributed by atoms with Gasteiger partial charge in [-0.15, -0.1) is 0 Å². The van der Waals surface area contributed by atoms with Gasteiger partial charge in [0.2, 0.25) is 5.91 Å². The van der Waals surface area contributed by atoms with E-state index in [1.54, 1.807) is 6.92 Å². The zero-order valence-corrected chi connectivity index (χ0v) is 12.4. The van der Waals surface area contributed by atoms with Crippen LogP contribution in [0.3, 0.4) is 0 Å². The highest BCUT2D eigenvalue weighted by Gasteiger charge is 2.34. The SMILES string of the molecule is CCn1cncc(NC(=O)Cn2nc(C(F)(F)F)cc2C)c1=O. The van der Waals surface area contributed by atoms with Crippen LogP contribution in [-0.4, -0.2) is 25.2 Å². The molecule has 2 aromatic rings. The maximum absolute atomic E-state index is 12.6. The van der Waals surface area contributed by atoms with Crippen molar-refractivity contribution in [2.75, 3.05) is 5.32 Å². The quantitative estimate of drug-likeness (QED) is 0.920. The Morgan fingerprint density at radius 3 is 2.65 bits per heavy atom. The molecule has 0 aliphatic heterocycles. The van der Waals surface area contributed by atoms with Gasteiger partial charge in [-0.1, -0.05) is 0 Å². The van der Waals surface area contributed by atoms with Gasteiger partial charge in [-0.05, 0) is 19.9 Å². The first kappa shape index (κ1) is 16.7. The lowest BCUT2D eigenvalue weighted by atomic mass is 10.3. The third kappa shape index (κ3) is 3.76. The fraction of sp³-hybridized carbons (Fsp3) is 0.385. The highest BCUT2D eigenvalue weighted by molar-refractivity contribution is 5.90. The normalized spacial score (nSPS) is 11.5. The van der Waals surface area contributed by atoms with Gasteiger partial charge in [-0.3, -0.25) is 18.8 Å². The van der Waals surface area contributed by atoms with Crippen molar-refractivity contribution in [3.05, 3.63) is 40.3 Å². The molecule has 2 rings (SSSR count). The number of halogens is 3. The van der Waals surface area contributed by atoms with Gasteiger partial charge in [0.25, 0.3) is 5.56 Å². The van der Waals surface area contributed by atoms with Crippen LogP contribution in [0.15, 0.2) is 23.4 Å². The van der Waals surface area contributed by atoms with Crippen molar-refractivity contribution in [2.45, 2.75) is 33.1 Å². The third-order valence-electron chi connectivity index (χ3n) is 3.08. The van der Waals surface area contributed by atoms with E-state index in [2.05, 4.69) is 15.4 Å². The first-order chi connectivity index (χ1) is 10.7. The molecule has 2 aromatic heterocycles. The number of hydrogen-bond acceptors (Lipinski definition) is 4. The van der Waals surface area contributed by atoms with E-state index >= 15 is 0 Å². The lowest BCUT2D eigenvalue weighted by molar-refractivity contribution is -0.141. The molecular formula is C13H14F3N5O2. The number of nitrogens with one attached hydrogen (secondary N) is 1. The molecule has 0 aliphatic rings. The van der Waals surface area contributed by atoms with E-state index in [1.165, 1.54) is 24.0 Å². The average Bonchev–Trinajstić information content (AvgIpc) is 2.82. The summed E-state index contributed by atoms with van der Waals surface area (Å²) in [5.74, 6) is -0.669. The molecule has 124 valence electrons. The molecule has 0 aromatic carbocycles. The number of anilines is 1. The largest absolute Gasteiger partial charge is 0.435 e. The lowest BCUT2D eigenvalue weighted by Crippen LogP contribution is -2.28. The summed E-state index contributed by atoms with van der Waals surface area (Å²) in [6.07, 6.45) is -2.07. The smallest absolute Gasteiger partial charge is 0.319 e. The van der Waals surface area contributed by atoms with Gasteiger partial charge in [-0.25, -0.2) is 4.98 Å². The second-order valence-corrected chi connectivity index (χ2v) is 4.77. The van der Waals surface area contributed by atoms with Crippen molar-refractivity contribution < 1.29 is 18.0 Å². The topological polar surface area (TPSA) is 81.8 Å². The Morgan fingerprint density at radius 1 is 1.39 bits per heavy atom. The van der Waals surface area contributed by atoms with E-state index < -0.39 is 29.9 Å². The first-order valence-corrected chi connectivity index (χ1v) is 6.68. The van der Waals surface area contributed by atoms with Crippen LogP contribution in [0, 0.1) is 6.92 Å². The molecule has 2 heterocycles. The summed E-state index contributed by atoms with van der Waals surface area (Å²) in [7, 11) is 0. The van der Waals surface area contributed by atoms with E-state index in [9.17, 15) is 22.8 Å². The molecule has 0 bridgehead atoms. The van der Waals surface area contributed by atoms with E-state index in [4.69, 9.17) is 0 Å². The number of amides is 1. The highest BCUT2D eigenvalue weighted by atomic mass is 19.4. The Hall–Kier alpha value is -2.65. The summed E-state index contributed by atoms with van der Waals surface area (Å²) in [6, 6.07) is 0.849. The molecule has 0 unspecified atom stereocenters. The Kier molecular flexibility index (Phi) is 4.52. The second kappa shape index (κ2) is 6.23. The summed E-state index contributed by atoms with van der Waals surface area (Å²) < 4.78 is 39.9. The van der Waals surface area contributed by atoms with E-state index in [-0.39, 0.29) is 11.4 Å². The summed E-state index contributed by atoms with van der Waals surface area (Å²) in [5, 5.41) is 5.68. The molecule has 1 N–H and O–H groups in total. The van der Waals surface area contributed by atoms with Gasteiger partial charge in [0.05, 0.1) is 12.5 Å². The minimum absolute atomic E-state index is 0.0415. The summed E-state index contributed by atoms with van der Waals surface area (Å²) in [4.78, 5) is 27.7. The molecule has 7 nitrogen and oxygen atoms in total. The fourth-order valence-electron chi connectivity index (χ4n) is 1.90. The van der Waals surface area contributed by atoms with Gasteiger partial charge < -0.3 is 5.32 Å². The third-order valence-corrected chi connectivity index (χ3v) is 3.08. The molecule has 0 aliphatic carbocycles. The predicted octanol–water partition coefficient (Wildman–Crippen LogP) is 1.43. The van der Waals surface area contributed by atoms with Crippen LogP contribution in [-0.2, 0) is 24.1 Å². The van der Waals surface area contributed by atoms with E-state index in [1.807, 2.05) is 0 Å². The van der Waals surface area contributed by atoms with Crippen LogP contribution in [0.2, 0.25) is 0 Å². The maximum atomic E-state index is 12.6. The van der Waals surface area contributed by atoms with Crippen molar-refractivity contribution in [3.63, 3.8) is 0 Å². The summed E-state index contributed by atoms with van der Waals surface area (Å²) in [5.41, 5.74) is -1.37. The van der Waals surface area contributed by atoms with E-state index in [0.717, 1.165) is 10.7 Å². The number of hydrogen-bond donors (Lipinski definition) is 1. The van der Waals surface area contributed by atoms with Gasteiger partial charge in [0.15, 0.2) is 5.69 Å². The minimum atomic E-state index is -4.58. The van der Waals surface area contributed by atoms with Gasteiger partial charge >= 0.3 is 6.18 Å². The molecule has 0 saturated carbocycles. The fourth-order valence-corrected chi connectivity index (χ4v) is 1.90. The van der Waals surface area contributed by atoms with Crippen molar-refractivity contribution in [3.8, 4) is 0 Å². The number of aromatic nitrogens is 4. The average molecular weight is 329 g/mol. The molecule has 0 radical (unpaired) electrons. The zero-order valence-electron chi connectivity index (χ0n) is 12.4. The van der Waals surface area contributed by atoms with Crippen molar-refractivity contribution >= 4 is 11.6 Å². The Labute approximate surface area is 128 Å². The van der Waals surface area contributed by atoms with Crippen LogP contribution >= 0.6 is 0 Å². The first-order valence-electron chi connectivity index (χ1n) is 6.68. The molecule has 1 amide bonds. The van der Waals surface area contributed by atoms with Crippen molar-refractivity contribution in [1.29, 1.82) is 0 Å². The van der Waals surface area contributed by atoms with Crippen molar-refractivity contribution in [1.82, 2.24) is 19.3 Å². The van der Waals surface area contributed by atoms with Gasteiger partial charge in [-0.2, -0.15) is 18.3 Å². The van der Waals surface area contributed by atoms with Crippen molar-refractivity contribution in [2.24, 2.45) is 0 Å². The minimum Gasteiger partial charge on any atom is -0.319 e. The van der Waals surface area contributed by atoms with E-state index in [0.29, 0.717) is 6.54 Å². The van der Waals surface area contributed by atoms with Crippen LogP contribution in [0.1, 0.15) is 18.3 Å². The van der Waals surface area contributed by atoms with Crippen LogP contribution in [0.25, 0.3) is 0 Å². The van der Waals surface area contributed by atoms with Gasteiger partial charge in [0, 0.05) is 12.2 Å². The molecule has 0 saturated heterocycles. The number of rotatable bonds is 4. The van der Waals surface area contributed by atoms with Crippen LogP contribution in [0.4, 0.5) is 18.9 Å². The Balaban J connectivity index is 2.15. The second-order valence-electron chi connectivity index (χ2n) is 4.77. The molecule has 0 fully saturated rings. The van der Waals surface area contributed by atoms with Gasteiger partial charge in [0.1, 0.15) is 12.2 Å². The lowest BCUT2D eigenvalue weighted by Gasteiger charge is -2.08. The number of nitrogens with zero attached hydrogens (tertiary/aromatic N) is 4. The molecular weight excluding hydrogens is 315 g/mol. The summed E-state index contributed by atoms with van der Waals surface area (Å²) in [6.45, 7) is 3.08. The Morgan fingerprint density at radius 2 is 2.09 bits per heavy atom. The number of aryl methyl sites for hydroxylation is 2. The zero-order chi connectivity index (χ0) is 17.2. The summed E-state index contributed by atoms with van der Waals surface area (Å²) >= 11 is 0. The monoisotopic (exact) mass is 329 g/mol. The molecule has 23 heavy (non-hydrogen) atoms. The molecule has 10 heteroatoms. The standard InChI is InChI=1S/C13H14F3N5O2/c1-3-20-7-17-5-9(12(20)23)18-11(22)6-21-8(2)4-10(19-21)13(14,15)16/h4-5,7H,3,6H2,1-2H3,(H,18,22). The number of alkyl halides is 3. The Bertz CT molecular complexity index is 779. The van der Waals surface area contributed by atoms with Crippen LogP contribution < -0.4 is 10.9 Å². The number of carbonyl (C=O) groups excluding carboxylic acids is 1. The highest BCUT2D eigenvalue weighted by Crippen LogP contribution is 2.28.